The van der Waals surface area contributed by atoms with E-state index in [0.717, 1.165) is 6.41 Å². The number of piperazine rings is 1. The van der Waals surface area contributed by atoms with Gasteiger partial charge in [-0.1, -0.05) is 23.7 Å². The highest BCUT2D eigenvalue weighted by Gasteiger charge is 2.19. The number of carbonyl (C=O) groups is 2. The molecule has 0 unspecified atom stereocenters. The minimum atomic E-state index is -0.341. The van der Waals surface area contributed by atoms with Crippen LogP contribution in [0.1, 0.15) is 16.3 Å². The zero-order valence-electron chi connectivity index (χ0n) is 13.8. The number of aryl methyl sites for hydroxylation is 1. The van der Waals surface area contributed by atoms with Gasteiger partial charge in [0.05, 0.1) is 10.7 Å². The summed E-state index contributed by atoms with van der Waals surface area (Å²) in [6.45, 7) is 4.35. The molecule has 0 aliphatic carbocycles. The van der Waals surface area contributed by atoms with E-state index in [2.05, 4.69) is 15.3 Å². The van der Waals surface area contributed by atoms with E-state index >= 15 is 0 Å². The fraction of sp³-hybridized carbons (Fsp3) is 0.294. The zero-order valence-corrected chi connectivity index (χ0v) is 14.5. The fourth-order valence-electron chi connectivity index (χ4n) is 2.64. The topological polar surface area (TPSA) is 78.4 Å². The number of nitrogens with one attached hydrogen (secondary N) is 1. The predicted octanol–water partition coefficient (Wildman–Crippen LogP) is 1.97. The largest absolute Gasteiger partial charge is 0.353 e. The van der Waals surface area contributed by atoms with Gasteiger partial charge in [-0.25, -0.2) is 9.97 Å². The quantitative estimate of drug-likeness (QED) is 0.844. The Morgan fingerprint density at radius 1 is 1.20 bits per heavy atom. The van der Waals surface area contributed by atoms with Gasteiger partial charge in [0.2, 0.25) is 6.41 Å². The van der Waals surface area contributed by atoms with Gasteiger partial charge in [-0.05, 0) is 19.1 Å². The first-order valence-corrected chi connectivity index (χ1v) is 8.30. The van der Waals surface area contributed by atoms with E-state index in [4.69, 9.17) is 11.6 Å². The van der Waals surface area contributed by atoms with Crippen molar-refractivity contribution in [1.29, 1.82) is 0 Å². The van der Waals surface area contributed by atoms with Crippen molar-refractivity contribution in [3.63, 3.8) is 0 Å². The maximum atomic E-state index is 12.5. The Hall–Kier alpha value is -2.67. The Morgan fingerprint density at radius 2 is 1.92 bits per heavy atom. The van der Waals surface area contributed by atoms with Crippen molar-refractivity contribution < 1.29 is 9.59 Å². The van der Waals surface area contributed by atoms with Crippen LogP contribution in [0.4, 0.5) is 11.5 Å². The molecule has 2 amide bonds. The molecule has 1 aliphatic heterocycles. The van der Waals surface area contributed by atoms with Crippen LogP contribution in [0.2, 0.25) is 5.02 Å². The molecule has 25 heavy (non-hydrogen) atoms. The van der Waals surface area contributed by atoms with E-state index in [1.165, 1.54) is 0 Å². The summed E-state index contributed by atoms with van der Waals surface area (Å²) in [6.07, 6.45) is 0.852. The lowest BCUT2D eigenvalue weighted by atomic mass is 10.2. The van der Waals surface area contributed by atoms with Gasteiger partial charge in [0.25, 0.3) is 5.91 Å². The van der Waals surface area contributed by atoms with Gasteiger partial charge in [0, 0.05) is 32.2 Å². The Kier molecular flexibility index (Phi) is 5.14. The maximum Gasteiger partial charge on any atom is 0.274 e. The lowest BCUT2D eigenvalue weighted by Gasteiger charge is -2.33. The van der Waals surface area contributed by atoms with Crippen LogP contribution in [0.3, 0.4) is 0 Å². The number of benzene rings is 1. The highest BCUT2D eigenvalue weighted by atomic mass is 35.5. The summed E-state index contributed by atoms with van der Waals surface area (Å²) in [5.74, 6) is 0.855. The highest BCUT2D eigenvalue weighted by molar-refractivity contribution is 6.33. The minimum Gasteiger partial charge on any atom is -0.353 e. The van der Waals surface area contributed by atoms with E-state index < -0.39 is 0 Å². The lowest BCUT2D eigenvalue weighted by Crippen LogP contribution is -2.46. The molecule has 7 nitrogen and oxygen atoms in total. The normalized spacial score (nSPS) is 14.3. The summed E-state index contributed by atoms with van der Waals surface area (Å²) in [4.78, 5) is 35.7. The third-order valence-corrected chi connectivity index (χ3v) is 4.30. The second-order valence-electron chi connectivity index (χ2n) is 5.72. The van der Waals surface area contributed by atoms with Crippen LogP contribution in [0.25, 0.3) is 0 Å². The molecule has 1 fully saturated rings. The van der Waals surface area contributed by atoms with E-state index in [1.54, 1.807) is 42.2 Å². The number of amides is 2. The van der Waals surface area contributed by atoms with Crippen LogP contribution in [-0.4, -0.2) is 53.4 Å². The summed E-state index contributed by atoms with van der Waals surface area (Å²) in [7, 11) is 0. The average molecular weight is 360 g/mol. The van der Waals surface area contributed by atoms with Crippen molar-refractivity contribution in [3.05, 3.63) is 46.9 Å². The molecule has 0 spiro atoms. The molecular formula is C17H18ClN5O2. The van der Waals surface area contributed by atoms with E-state index in [1.807, 2.05) is 4.90 Å². The Balaban J connectivity index is 1.78. The summed E-state index contributed by atoms with van der Waals surface area (Å²) in [6, 6.07) is 8.69. The number of carbonyl (C=O) groups excluding carboxylic acids is 2. The average Bonchev–Trinajstić information content (AvgIpc) is 2.63. The summed E-state index contributed by atoms with van der Waals surface area (Å²) in [5, 5.41) is 3.23. The number of halogens is 1. The summed E-state index contributed by atoms with van der Waals surface area (Å²) < 4.78 is 0. The van der Waals surface area contributed by atoms with Crippen LogP contribution in [0.15, 0.2) is 30.3 Å². The van der Waals surface area contributed by atoms with Gasteiger partial charge in [-0.2, -0.15) is 0 Å². The number of rotatable bonds is 4. The molecule has 8 heteroatoms. The molecule has 1 saturated heterocycles. The van der Waals surface area contributed by atoms with E-state index in [9.17, 15) is 9.59 Å². The molecule has 0 bridgehead atoms. The van der Waals surface area contributed by atoms with E-state index in [-0.39, 0.29) is 11.6 Å². The Bertz CT molecular complexity index is 790. The molecular weight excluding hydrogens is 342 g/mol. The third-order valence-electron chi connectivity index (χ3n) is 3.97. The first-order valence-electron chi connectivity index (χ1n) is 7.92. The van der Waals surface area contributed by atoms with Crippen molar-refractivity contribution in [2.24, 2.45) is 0 Å². The second kappa shape index (κ2) is 7.48. The number of aromatic nitrogens is 2. The zero-order chi connectivity index (χ0) is 17.8. The molecule has 3 rings (SSSR count). The van der Waals surface area contributed by atoms with Crippen molar-refractivity contribution in [3.8, 4) is 0 Å². The smallest absolute Gasteiger partial charge is 0.274 e. The van der Waals surface area contributed by atoms with Gasteiger partial charge in [-0.3, -0.25) is 9.59 Å². The van der Waals surface area contributed by atoms with Gasteiger partial charge in [0.15, 0.2) is 0 Å². The summed E-state index contributed by atoms with van der Waals surface area (Å²) >= 11 is 6.08. The van der Waals surface area contributed by atoms with Crippen LogP contribution in [0.5, 0.6) is 0 Å². The van der Waals surface area contributed by atoms with Gasteiger partial charge >= 0.3 is 0 Å². The Labute approximate surface area is 150 Å². The van der Waals surface area contributed by atoms with Gasteiger partial charge in [-0.15, -0.1) is 0 Å². The molecule has 0 radical (unpaired) electrons. The SMILES string of the molecule is Cc1nc(C(=O)Nc2ccccc2Cl)cc(N2CCN(C=O)CC2)n1. The standard InChI is InChI=1S/C17H18ClN5O2/c1-12-19-15(17(25)21-14-5-3-2-4-13(14)18)10-16(20-12)23-8-6-22(11-24)7-9-23/h2-5,10-11H,6-9H2,1H3,(H,21,25). The number of hydrogen-bond acceptors (Lipinski definition) is 5. The van der Waals surface area contributed by atoms with Crippen LogP contribution >= 0.6 is 11.6 Å². The van der Waals surface area contributed by atoms with Crippen molar-refractivity contribution in [1.82, 2.24) is 14.9 Å². The molecule has 0 atom stereocenters. The fourth-order valence-corrected chi connectivity index (χ4v) is 2.82. The molecule has 0 saturated carbocycles. The van der Waals surface area contributed by atoms with Crippen LogP contribution in [0, 0.1) is 6.92 Å². The highest BCUT2D eigenvalue weighted by Crippen LogP contribution is 2.22. The van der Waals surface area contributed by atoms with Crippen LogP contribution < -0.4 is 10.2 Å². The number of nitrogens with zero attached hydrogens (tertiary/aromatic N) is 4. The lowest BCUT2D eigenvalue weighted by molar-refractivity contribution is -0.118. The van der Waals surface area contributed by atoms with Crippen molar-refractivity contribution >= 4 is 35.4 Å². The summed E-state index contributed by atoms with van der Waals surface area (Å²) in [5.41, 5.74) is 0.812. The minimum absolute atomic E-state index is 0.278. The number of hydrogen-bond donors (Lipinski definition) is 1. The molecule has 1 aliphatic rings. The number of anilines is 2. The monoisotopic (exact) mass is 359 g/mol. The Morgan fingerprint density at radius 3 is 2.60 bits per heavy atom. The van der Waals surface area contributed by atoms with Gasteiger partial charge in [0.1, 0.15) is 17.3 Å². The molecule has 130 valence electrons. The predicted molar refractivity (Wildman–Crippen MR) is 96.0 cm³/mol. The molecule has 1 aromatic heterocycles. The second-order valence-corrected chi connectivity index (χ2v) is 6.13. The van der Waals surface area contributed by atoms with Crippen molar-refractivity contribution in [2.45, 2.75) is 6.92 Å². The first-order chi connectivity index (χ1) is 12.1. The first kappa shape index (κ1) is 17.2. The van der Waals surface area contributed by atoms with Gasteiger partial charge < -0.3 is 15.1 Å². The number of para-hydroxylation sites is 1. The maximum absolute atomic E-state index is 12.5. The molecule has 2 heterocycles. The molecule has 1 aromatic carbocycles. The molecule has 2 aromatic rings. The molecule has 1 N–H and O–H groups in total. The van der Waals surface area contributed by atoms with Crippen molar-refractivity contribution in [2.75, 3.05) is 36.4 Å². The van der Waals surface area contributed by atoms with Crippen LogP contribution in [-0.2, 0) is 4.79 Å². The third kappa shape index (κ3) is 4.06. The van der Waals surface area contributed by atoms with E-state index in [0.29, 0.717) is 48.5 Å².